The number of anilines is 1. The van der Waals surface area contributed by atoms with E-state index in [0.717, 1.165) is 30.6 Å². The zero-order chi connectivity index (χ0) is 13.2. The van der Waals surface area contributed by atoms with E-state index in [1.165, 1.54) is 11.6 Å². The number of nitrogens with zero attached hydrogens (tertiary/aromatic N) is 1. The second-order valence-electron chi connectivity index (χ2n) is 4.77. The Hall–Kier alpha value is -1.42. The second kappa shape index (κ2) is 5.29. The van der Waals surface area contributed by atoms with Gasteiger partial charge in [-0.3, -0.25) is 4.98 Å². The van der Waals surface area contributed by atoms with Crippen molar-refractivity contribution in [1.29, 1.82) is 0 Å². The summed E-state index contributed by atoms with van der Waals surface area (Å²) in [5, 5.41) is 3.45. The summed E-state index contributed by atoms with van der Waals surface area (Å²) in [7, 11) is 0. The first-order valence-corrected chi connectivity index (χ1v) is 7.19. The zero-order valence-electron chi connectivity index (χ0n) is 10.4. The Balaban J connectivity index is 1.86. The summed E-state index contributed by atoms with van der Waals surface area (Å²) < 4.78 is 13.7. The largest absolute Gasteiger partial charge is 0.377 e. The van der Waals surface area contributed by atoms with Gasteiger partial charge in [0.2, 0.25) is 0 Å². The molecule has 2 nitrogen and oxygen atoms in total. The SMILES string of the molecule is Fc1ccc(NC2CCCc3cccnc32)cc1Br. The summed E-state index contributed by atoms with van der Waals surface area (Å²) in [5.74, 6) is -0.243. The van der Waals surface area contributed by atoms with Gasteiger partial charge in [0.1, 0.15) is 5.82 Å². The van der Waals surface area contributed by atoms with Gasteiger partial charge in [0.15, 0.2) is 0 Å². The molecule has 0 bridgehead atoms. The highest BCUT2D eigenvalue weighted by atomic mass is 79.9. The number of fused-ring (bicyclic) bond motifs is 1. The molecule has 1 N–H and O–H groups in total. The normalized spacial score (nSPS) is 17.9. The van der Waals surface area contributed by atoms with Crippen LogP contribution in [0.25, 0.3) is 0 Å². The predicted octanol–water partition coefficient (Wildman–Crippen LogP) is 4.47. The molecule has 1 aromatic carbocycles. The Morgan fingerprint density at radius 1 is 1.32 bits per heavy atom. The fourth-order valence-electron chi connectivity index (χ4n) is 2.54. The van der Waals surface area contributed by atoms with E-state index in [9.17, 15) is 4.39 Å². The Bertz CT molecular complexity index is 600. The van der Waals surface area contributed by atoms with E-state index in [2.05, 4.69) is 32.3 Å². The topological polar surface area (TPSA) is 24.9 Å². The molecule has 0 spiro atoms. The molecule has 1 aliphatic rings. The molecule has 1 aliphatic carbocycles. The molecular formula is C15H14BrFN2. The first-order valence-electron chi connectivity index (χ1n) is 6.39. The predicted molar refractivity (Wildman–Crippen MR) is 77.6 cm³/mol. The summed E-state index contributed by atoms with van der Waals surface area (Å²) in [4.78, 5) is 4.49. The number of benzene rings is 1. The average molecular weight is 321 g/mol. The molecular weight excluding hydrogens is 307 g/mol. The minimum atomic E-state index is -0.243. The van der Waals surface area contributed by atoms with Crippen molar-refractivity contribution in [3.63, 3.8) is 0 Å². The molecule has 1 aromatic heterocycles. The fourth-order valence-corrected chi connectivity index (χ4v) is 2.92. The third-order valence-corrected chi connectivity index (χ3v) is 4.06. The van der Waals surface area contributed by atoms with Crippen LogP contribution in [0.4, 0.5) is 10.1 Å². The molecule has 4 heteroatoms. The van der Waals surface area contributed by atoms with E-state index in [1.54, 1.807) is 12.1 Å². The van der Waals surface area contributed by atoms with Crippen molar-refractivity contribution in [3.05, 3.63) is 58.1 Å². The van der Waals surface area contributed by atoms with Crippen LogP contribution in [0.2, 0.25) is 0 Å². The Kier molecular flexibility index (Phi) is 3.51. The summed E-state index contributed by atoms with van der Waals surface area (Å²) in [6, 6.07) is 9.33. The number of pyridine rings is 1. The van der Waals surface area contributed by atoms with Gasteiger partial charge in [0, 0.05) is 11.9 Å². The van der Waals surface area contributed by atoms with Crippen molar-refractivity contribution in [1.82, 2.24) is 4.98 Å². The Morgan fingerprint density at radius 3 is 3.05 bits per heavy atom. The van der Waals surface area contributed by atoms with Crippen LogP contribution in [0.1, 0.15) is 30.1 Å². The average Bonchev–Trinajstić information content (AvgIpc) is 2.43. The van der Waals surface area contributed by atoms with Crippen LogP contribution in [-0.2, 0) is 6.42 Å². The smallest absolute Gasteiger partial charge is 0.137 e. The van der Waals surface area contributed by atoms with Crippen LogP contribution in [0.3, 0.4) is 0 Å². The lowest BCUT2D eigenvalue weighted by molar-refractivity contribution is 0.582. The number of rotatable bonds is 2. The molecule has 19 heavy (non-hydrogen) atoms. The molecule has 0 aliphatic heterocycles. The maximum Gasteiger partial charge on any atom is 0.137 e. The van der Waals surface area contributed by atoms with Gasteiger partial charge < -0.3 is 5.32 Å². The van der Waals surface area contributed by atoms with Gasteiger partial charge in [0.05, 0.1) is 16.2 Å². The lowest BCUT2D eigenvalue weighted by atomic mass is 9.92. The van der Waals surface area contributed by atoms with E-state index in [1.807, 2.05) is 12.3 Å². The molecule has 1 atom stereocenters. The summed E-state index contributed by atoms with van der Waals surface area (Å²) >= 11 is 3.21. The van der Waals surface area contributed by atoms with Gasteiger partial charge in [-0.15, -0.1) is 0 Å². The van der Waals surface area contributed by atoms with Gasteiger partial charge in [-0.25, -0.2) is 4.39 Å². The third-order valence-electron chi connectivity index (χ3n) is 3.46. The second-order valence-corrected chi connectivity index (χ2v) is 5.62. The van der Waals surface area contributed by atoms with E-state index >= 15 is 0 Å². The molecule has 3 rings (SSSR count). The number of nitrogens with one attached hydrogen (secondary N) is 1. The Morgan fingerprint density at radius 2 is 2.21 bits per heavy atom. The maximum absolute atomic E-state index is 13.2. The third kappa shape index (κ3) is 2.63. The van der Waals surface area contributed by atoms with Gasteiger partial charge >= 0.3 is 0 Å². The number of aromatic nitrogens is 1. The molecule has 98 valence electrons. The van der Waals surface area contributed by atoms with Crippen LogP contribution >= 0.6 is 15.9 Å². The molecule has 0 saturated carbocycles. The van der Waals surface area contributed by atoms with Crippen LogP contribution in [0.5, 0.6) is 0 Å². The molecule has 1 unspecified atom stereocenters. The molecule has 1 heterocycles. The van der Waals surface area contributed by atoms with E-state index < -0.39 is 0 Å². The van der Waals surface area contributed by atoms with Gasteiger partial charge in [0.25, 0.3) is 0 Å². The zero-order valence-corrected chi connectivity index (χ0v) is 12.0. The summed E-state index contributed by atoms with van der Waals surface area (Å²) in [5.41, 5.74) is 3.35. The van der Waals surface area contributed by atoms with Crippen LogP contribution in [-0.4, -0.2) is 4.98 Å². The maximum atomic E-state index is 13.2. The van der Waals surface area contributed by atoms with Crippen molar-refractivity contribution < 1.29 is 4.39 Å². The quantitative estimate of drug-likeness (QED) is 0.882. The molecule has 0 saturated heterocycles. The number of halogens is 2. The van der Waals surface area contributed by atoms with Crippen molar-refractivity contribution >= 4 is 21.6 Å². The van der Waals surface area contributed by atoms with Gasteiger partial charge in [-0.1, -0.05) is 6.07 Å². The number of hydrogen-bond donors (Lipinski definition) is 1. The van der Waals surface area contributed by atoms with Crippen molar-refractivity contribution in [2.75, 3.05) is 5.32 Å². The first-order chi connectivity index (χ1) is 9.24. The first kappa shape index (κ1) is 12.6. The summed E-state index contributed by atoms with van der Waals surface area (Å²) in [6.45, 7) is 0. The lowest BCUT2D eigenvalue weighted by Crippen LogP contribution is -2.18. The molecule has 2 aromatic rings. The van der Waals surface area contributed by atoms with Crippen LogP contribution < -0.4 is 5.32 Å². The van der Waals surface area contributed by atoms with Crippen molar-refractivity contribution in [2.24, 2.45) is 0 Å². The Labute approximate surface area is 120 Å². The summed E-state index contributed by atoms with van der Waals surface area (Å²) in [6.07, 6.45) is 5.13. The van der Waals surface area contributed by atoms with Crippen molar-refractivity contribution in [2.45, 2.75) is 25.3 Å². The van der Waals surface area contributed by atoms with Gasteiger partial charge in [-0.2, -0.15) is 0 Å². The standard InChI is InChI=1S/C15H14BrFN2/c16-12-9-11(6-7-13(12)17)19-14-5-1-3-10-4-2-8-18-15(10)14/h2,4,6-9,14,19H,1,3,5H2. The highest BCUT2D eigenvalue weighted by Crippen LogP contribution is 2.31. The lowest BCUT2D eigenvalue weighted by Gasteiger charge is -2.26. The molecule has 0 radical (unpaired) electrons. The van der Waals surface area contributed by atoms with Crippen molar-refractivity contribution in [3.8, 4) is 0 Å². The van der Waals surface area contributed by atoms with Gasteiger partial charge in [-0.05, 0) is 65.0 Å². The fraction of sp³-hybridized carbons (Fsp3) is 0.267. The minimum absolute atomic E-state index is 0.210. The molecule has 0 amide bonds. The monoisotopic (exact) mass is 320 g/mol. The minimum Gasteiger partial charge on any atom is -0.377 e. The molecule has 0 fully saturated rings. The van der Waals surface area contributed by atoms with E-state index in [4.69, 9.17) is 0 Å². The van der Waals surface area contributed by atoms with E-state index in [-0.39, 0.29) is 11.9 Å². The van der Waals surface area contributed by atoms with E-state index in [0.29, 0.717) is 4.47 Å². The number of hydrogen-bond acceptors (Lipinski definition) is 2. The number of aryl methyl sites for hydroxylation is 1. The highest BCUT2D eigenvalue weighted by Gasteiger charge is 2.21. The van der Waals surface area contributed by atoms with Crippen LogP contribution in [0, 0.1) is 5.82 Å². The highest BCUT2D eigenvalue weighted by molar-refractivity contribution is 9.10. The van der Waals surface area contributed by atoms with Crippen LogP contribution in [0.15, 0.2) is 41.0 Å².